The van der Waals surface area contributed by atoms with Crippen molar-refractivity contribution in [2.45, 2.75) is 39.3 Å². The molecule has 0 saturated carbocycles. The normalized spacial score (nSPS) is 22.7. The highest BCUT2D eigenvalue weighted by Gasteiger charge is 2.25. The van der Waals surface area contributed by atoms with Gasteiger partial charge >= 0.3 is 5.97 Å². The van der Waals surface area contributed by atoms with Crippen molar-refractivity contribution in [3.8, 4) is 0 Å². The standard InChI is InChI=1S/C17H23NO3/c1-4-15-11-21-13(3)10-18(15)16-7-5-14(12(2)9-16)6-8-17(19)20/h5-9,13,15H,4,10-11H2,1-3H3,(H,19,20). The van der Waals surface area contributed by atoms with Gasteiger partial charge in [0.1, 0.15) is 0 Å². The van der Waals surface area contributed by atoms with Crippen LogP contribution in [0.1, 0.15) is 31.4 Å². The fourth-order valence-electron chi connectivity index (χ4n) is 2.69. The van der Waals surface area contributed by atoms with Crippen LogP contribution in [0.4, 0.5) is 5.69 Å². The van der Waals surface area contributed by atoms with Crippen LogP contribution < -0.4 is 4.90 Å². The topological polar surface area (TPSA) is 49.8 Å². The van der Waals surface area contributed by atoms with Crippen LogP contribution in [-0.2, 0) is 9.53 Å². The van der Waals surface area contributed by atoms with Gasteiger partial charge in [0.25, 0.3) is 0 Å². The number of ether oxygens (including phenoxy) is 1. The molecule has 1 N–H and O–H groups in total. The van der Waals surface area contributed by atoms with Gasteiger partial charge in [-0.1, -0.05) is 13.0 Å². The Morgan fingerprint density at radius 1 is 1.52 bits per heavy atom. The summed E-state index contributed by atoms with van der Waals surface area (Å²) in [6, 6.07) is 6.58. The maximum Gasteiger partial charge on any atom is 0.328 e. The Bertz CT molecular complexity index is 539. The zero-order valence-electron chi connectivity index (χ0n) is 12.9. The van der Waals surface area contributed by atoms with E-state index in [0.29, 0.717) is 6.04 Å². The maximum atomic E-state index is 10.6. The number of hydrogen-bond acceptors (Lipinski definition) is 3. The van der Waals surface area contributed by atoms with Crippen molar-refractivity contribution in [1.82, 2.24) is 0 Å². The van der Waals surface area contributed by atoms with Crippen molar-refractivity contribution >= 4 is 17.7 Å². The molecule has 4 heteroatoms. The number of carboxylic acid groups (broad SMARTS) is 1. The lowest BCUT2D eigenvalue weighted by Crippen LogP contribution is -2.48. The molecule has 1 aliphatic heterocycles. The molecule has 1 aromatic carbocycles. The molecule has 1 aromatic rings. The van der Waals surface area contributed by atoms with Crippen molar-refractivity contribution < 1.29 is 14.6 Å². The molecular weight excluding hydrogens is 266 g/mol. The lowest BCUT2D eigenvalue weighted by molar-refractivity contribution is -0.131. The monoisotopic (exact) mass is 289 g/mol. The summed E-state index contributed by atoms with van der Waals surface area (Å²) in [4.78, 5) is 13.0. The van der Waals surface area contributed by atoms with E-state index in [1.54, 1.807) is 6.08 Å². The smallest absolute Gasteiger partial charge is 0.328 e. The van der Waals surface area contributed by atoms with Crippen LogP contribution in [0.15, 0.2) is 24.3 Å². The predicted molar refractivity (Wildman–Crippen MR) is 84.7 cm³/mol. The lowest BCUT2D eigenvalue weighted by Gasteiger charge is -2.40. The van der Waals surface area contributed by atoms with Crippen LogP contribution in [0, 0.1) is 6.92 Å². The summed E-state index contributed by atoms with van der Waals surface area (Å²) < 4.78 is 5.73. The number of aliphatic carboxylic acids is 1. The third-order valence-electron chi connectivity index (χ3n) is 3.93. The molecule has 1 fully saturated rings. The van der Waals surface area contributed by atoms with Gasteiger partial charge in [0, 0.05) is 18.3 Å². The number of aryl methyl sites for hydroxylation is 1. The molecule has 2 atom stereocenters. The van der Waals surface area contributed by atoms with Crippen molar-refractivity contribution in [3.05, 3.63) is 35.4 Å². The van der Waals surface area contributed by atoms with Crippen LogP contribution in [-0.4, -0.2) is 36.4 Å². The van der Waals surface area contributed by atoms with E-state index < -0.39 is 5.97 Å². The first-order chi connectivity index (χ1) is 10.0. The fourth-order valence-corrected chi connectivity index (χ4v) is 2.69. The van der Waals surface area contributed by atoms with E-state index in [2.05, 4.69) is 30.9 Å². The van der Waals surface area contributed by atoms with E-state index in [4.69, 9.17) is 9.84 Å². The Balaban J connectivity index is 2.23. The first-order valence-electron chi connectivity index (χ1n) is 7.41. The van der Waals surface area contributed by atoms with Gasteiger partial charge in [-0.25, -0.2) is 4.79 Å². The Kier molecular flexibility index (Phi) is 5.02. The molecule has 4 nitrogen and oxygen atoms in total. The number of nitrogens with zero attached hydrogens (tertiary/aromatic N) is 1. The van der Waals surface area contributed by atoms with Crippen LogP contribution >= 0.6 is 0 Å². The second kappa shape index (κ2) is 6.76. The molecule has 0 spiro atoms. The van der Waals surface area contributed by atoms with Gasteiger partial charge in [0.2, 0.25) is 0 Å². The summed E-state index contributed by atoms with van der Waals surface area (Å²) in [5.41, 5.74) is 3.21. The first kappa shape index (κ1) is 15.6. The van der Waals surface area contributed by atoms with E-state index in [9.17, 15) is 4.79 Å². The van der Waals surface area contributed by atoms with Crippen molar-refractivity contribution in [2.24, 2.45) is 0 Å². The molecule has 2 unspecified atom stereocenters. The average molecular weight is 289 g/mol. The second-order valence-corrected chi connectivity index (χ2v) is 5.57. The maximum absolute atomic E-state index is 10.6. The molecule has 21 heavy (non-hydrogen) atoms. The van der Waals surface area contributed by atoms with E-state index >= 15 is 0 Å². The highest BCUT2D eigenvalue weighted by molar-refractivity contribution is 5.85. The summed E-state index contributed by atoms with van der Waals surface area (Å²) in [5, 5.41) is 8.71. The summed E-state index contributed by atoms with van der Waals surface area (Å²) >= 11 is 0. The van der Waals surface area contributed by atoms with E-state index in [1.165, 1.54) is 11.8 Å². The fraction of sp³-hybridized carbons (Fsp3) is 0.471. The lowest BCUT2D eigenvalue weighted by atomic mass is 10.0. The van der Waals surface area contributed by atoms with Gasteiger partial charge in [-0.2, -0.15) is 0 Å². The molecule has 0 radical (unpaired) electrons. The van der Waals surface area contributed by atoms with Crippen LogP contribution in [0.3, 0.4) is 0 Å². The summed E-state index contributed by atoms with van der Waals surface area (Å²) in [6.45, 7) is 7.93. The average Bonchev–Trinajstić information content (AvgIpc) is 2.45. The summed E-state index contributed by atoms with van der Waals surface area (Å²) in [7, 11) is 0. The zero-order valence-corrected chi connectivity index (χ0v) is 12.9. The Morgan fingerprint density at radius 3 is 2.90 bits per heavy atom. The number of rotatable bonds is 4. The largest absolute Gasteiger partial charge is 0.478 e. The quantitative estimate of drug-likeness (QED) is 0.865. The van der Waals surface area contributed by atoms with Gasteiger partial charge < -0.3 is 14.7 Å². The zero-order chi connectivity index (χ0) is 15.4. The predicted octanol–water partition coefficient (Wildman–Crippen LogP) is 3.10. The molecule has 0 aromatic heterocycles. The van der Waals surface area contributed by atoms with Crippen LogP contribution in [0.25, 0.3) is 6.08 Å². The van der Waals surface area contributed by atoms with Gasteiger partial charge in [-0.15, -0.1) is 0 Å². The molecule has 1 heterocycles. The second-order valence-electron chi connectivity index (χ2n) is 5.57. The van der Waals surface area contributed by atoms with E-state index in [0.717, 1.165) is 30.7 Å². The molecule has 114 valence electrons. The molecule has 0 amide bonds. The Labute approximate surface area is 126 Å². The highest BCUT2D eigenvalue weighted by Crippen LogP contribution is 2.26. The summed E-state index contributed by atoms with van der Waals surface area (Å²) in [6.07, 6.45) is 4.10. The molecule has 0 bridgehead atoms. The van der Waals surface area contributed by atoms with Gasteiger partial charge in [-0.05, 0) is 49.6 Å². The number of morpholine rings is 1. The number of benzene rings is 1. The van der Waals surface area contributed by atoms with Gasteiger partial charge in [0.05, 0.1) is 18.8 Å². The highest BCUT2D eigenvalue weighted by atomic mass is 16.5. The molecule has 0 aliphatic carbocycles. The third kappa shape index (κ3) is 3.85. The number of carboxylic acids is 1. The molecule has 1 aliphatic rings. The summed E-state index contributed by atoms with van der Waals surface area (Å²) in [5.74, 6) is -0.925. The number of carbonyl (C=O) groups is 1. The third-order valence-corrected chi connectivity index (χ3v) is 3.93. The first-order valence-corrected chi connectivity index (χ1v) is 7.41. The van der Waals surface area contributed by atoms with Crippen molar-refractivity contribution in [1.29, 1.82) is 0 Å². The SMILES string of the molecule is CCC1COC(C)CN1c1ccc(C=CC(=O)O)c(C)c1. The van der Waals surface area contributed by atoms with Gasteiger partial charge in [0.15, 0.2) is 0 Å². The minimum Gasteiger partial charge on any atom is -0.478 e. The number of hydrogen-bond donors (Lipinski definition) is 1. The van der Waals surface area contributed by atoms with Crippen LogP contribution in [0.5, 0.6) is 0 Å². The van der Waals surface area contributed by atoms with E-state index in [1.807, 2.05) is 13.0 Å². The molecular formula is C17H23NO3. The minimum absolute atomic E-state index is 0.236. The van der Waals surface area contributed by atoms with Crippen molar-refractivity contribution in [3.63, 3.8) is 0 Å². The van der Waals surface area contributed by atoms with E-state index in [-0.39, 0.29) is 6.10 Å². The minimum atomic E-state index is -0.925. The Morgan fingerprint density at radius 2 is 2.29 bits per heavy atom. The van der Waals surface area contributed by atoms with Crippen molar-refractivity contribution in [2.75, 3.05) is 18.1 Å². The Hall–Kier alpha value is -1.81. The molecule has 1 saturated heterocycles. The van der Waals surface area contributed by atoms with Crippen LogP contribution in [0.2, 0.25) is 0 Å². The molecule has 2 rings (SSSR count). The van der Waals surface area contributed by atoms with Gasteiger partial charge in [-0.3, -0.25) is 0 Å². The number of anilines is 1.